The number of anilines is 1. The van der Waals surface area contributed by atoms with Gasteiger partial charge in [-0.1, -0.05) is 22.9 Å². The largest absolute Gasteiger partial charge is 0.346 e. The van der Waals surface area contributed by atoms with Crippen LogP contribution in [0.4, 0.5) is 5.13 Å². The molecule has 3 aromatic rings. The minimum Gasteiger partial charge on any atom is -0.346 e. The highest BCUT2D eigenvalue weighted by atomic mass is 35.5. The van der Waals surface area contributed by atoms with Crippen LogP contribution in [0.1, 0.15) is 30.4 Å². The van der Waals surface area contributed by atoms with Crippen LogP contribution in [-0.2, 0) is 13.0 Å². The van der Waals surface area contributed by atoms with Crippen molar-refractivity contribution >= 4 is 38.3 Å². The monoisotopic (exact) mass is 345 g/mol. The summed E-state index contributed by atoms with van der Waals surface area (Å²) in [4.78, 5) is 11.8. The fourth-order valence-corrected chi connectivity index (χ4v) is 4.34. The third-order valence-electron chi connectivity index (χ3n) is 4.50. The molecule has 0 amide bonds. The number of aromatic nitrogens is 4. The quantitative estimate of drug-likeness (QED) is 0.713. The average molecular weight is 346 g/mol. The van der Waals surface area contributed by atoms with Crippen molar-refractivity contribution in [2.75, 3.05) is 18.0 Å². The van der Waals surface area contributed by atoms with Crippen molar-refractivity contribution in [3.8, 4) is 0 Å². The molecule has 2 aromatic heterocycles. The van der Waals surface area contributed by atoms with E-state index in [-0.39, 0.29) is 0 Å². The Morgan fingerprint density at radius 3 is 2.91 bits per heavy atom. The third kappa shape index (κ3) is 2.50. The summed E-state index contributed by atoms with van der Waals surface area (Å²) in [6.45, 7) is 2.75. The molecule has 1 saturated carbocycles. The predicted molar refractivity (Wildman–Crippen MR) is 92.5 cm³/mol. The van der Waals surface area contributed by atoms with Gasteiger partial charge >= 0.3 is 0 Å². The maximum Gasteiger partial charge on any atom is 0.186 e. The maximum absolute atomic E-state index is 6.08. The lowest BCUT2D eigenvalue weighted by atomic mass is 10.3. The summed E-state index contributed by atoms with van der Waals surface area (Å²) in [6.07, 6.45) is 3.43. The summed E-state index contributed by atoms with van der Waals surface area (Å²) in [6, 6.07) is 5.88. The van der Waals surface area contributed by atoms with Crippen molar-refractivity contribution in [2.24, 2.45) is 0 Å². The third-order valence-corrected chi connectivity index (χ3v) is 5.82. The van der Waals surface area contributed by atoms with Gasteiger partial charge in [-0.15, -0.1) is 0 Å². The van der Waals surface area contributed by atoms with Gasteiger partial charge in [0.15, 0.2) is 11.0 Å². The molecule has 5 nitrogen and oxygen atoms in total. The molecule has 0 N–H and O–H groups in total. The Morgan fingerprint density at radius 2 is 2.04 bits per heavy atom. The molecule has 3 heterocycles. The van der Waals surface area contributed by atoms with Crippen LogP contribution in [-0.4, -0.2) is 32.8 Å². The Hall–Kier alpha value is -1.66. The maximum atomic E-state index is 6.08. The van der Waals surface area contributed by atoms with E-state index in [2.05, 4.69) is 9.58 Å². The van der Waals surface area contributed by atoms with Gasteiger partial charge in [0.2, 0.25) is 0 Å². The molecule has 0 spiro atoms. The Balaban J connectivity index is 1.40. The van der Waals surface area contributed by atoms with Crippen LogP contribution in [0.25, 0.3) is 10.2 Å². The minimum atomic E-state index is 0.625. The molecule has 2 aliphatic rings. The van der Waals surface area contributed by atoms with E-state index in [0.29, 0.717) is 5.92 Å². The first-order chi connectivity index (χ1) is 11.3. The van der Waals surface area contributed by atoms with Crippen LogP contribution in [0.15, 0.2) is 18.2 Å². The van der Waals surface area contributed by atoms with Crippen LogP contribution in [0.5, 0.6) is 0 Å². The summed E-state index contributed by atoms with van der Waals surface area (Å²) >= 11 is 7.78. The lowest BCUT2D eigenvalue weighted by Crippen LogP contribution is -2.26. The van der Waals surface area contributed by atoms with Crippen LogP contribution >= 0.6 is 22.9 Å². The van der Waals surface area contributed by atoms with Crippen LogP contribution < -0.4 is 4.90 Å². The number of thiazole rings is 1. The predicted octanol–water partition coefficient (Wildman–Crippen LogP) is 3.48. The zero-order valence-corrected chi connectivity index (χ0v) is 14.1. The van der Waals surface area contributed by atoms with Crippen LogP contribution in [0.2, 0.25) is 5.02 Å². The number of halogens is 1. The second-order valence-electron chi connectivity index (χ2n) is 6.23. The fourth-order valence-electron chi connectivity index (χ4n) is 3.05. The van der Waals surface area contributed by atoms with Crippen molar-refractivity contribution in [1.29, 1.82) is 0 Å². The highest BCUT2D eigenvalue weighted by Gasteiger charge is 2.29. The molecule has 0 atom stereocenters. The van der Waals surface area contributed by atoms with Gasteiger partial charge in [-0.2, -0.15) is 5.10 Å². The summed E-state index contributed by atoms with van der Waals surface area (Å²) in [5, 5.41) is 6.53. The van der Waals surface area contributed by atoms with Gasteiger partial charge in [-0.05, 0) is 31.0 Å². The molecule has 1 aliphatic carbocycles. The number of nitrogens with zero attached hydrogens (tertiary/aromatic N) is 5. The van der Waals surface area contributed by atoms with Crippen molar-refractivity contribution in [2.45, 2.75) is 31.7 Å². The van der Waals surface area contributed by atoms with Gasteiger partial charge in [0, 0.05) is 30.5 Å². The highest BCUT2D eigenvalue weighted by molar-refractivity contribution is 7.22. The lowest BCUT2D eigenvalue weighted by molar-refractivity contribution is 0.603. The normalized spacial score (nSPS) is 18.2. The van der Waals surface area contributed by atoms with E-state index in [0.717, 1.165) is 58.1 Å². The molecule has 7 heteroatoms. The molecule has 0 saturated heterocycles. The Morgan fingerprint density at radius 1 is 1.13 bits per heavy atom. The number of hydrogen-bond donors (Lipinski definition) is 0. The second-order valence-corrected chi connectivity index (χ2v) is 7.67. The number of hydrogen-bond acceptors (Lipinski definition) is 5. The topological polar surface area (TPSA) is 46.8 Å². The van der Waals surface area contributed by atoms with Crippen molar-refractivity contribution in [1.82, 2.24) is 19.7 Å². The van der Waals surface area contributed by atoms with Crippen molar-refractivity contribution in [3.63, 3.8) is 0 Å². The second kappa shape index (κ2) is 5.18. The fraction of sp³-hybridized carbons (Fsp3) is 0.438. The van der Waals surface area contributed by atoms with E-state index < -0.39 is 0 Å². The standard InChI is InChI=1S/C16H16ClN5S/c17-11-3-4-12-13(9-11)23-16(18-12)21-6-5-14-19-15(10-1-2-10)20-22(14)8-7-21/h3-4,9-10H,1-2,5-8H2. The van der Waals surface area contributed by atoms with Gasteiger partial charge < -0.3 is 4.90 Å². The Bertz CT molecular complexity index is 856. The molecule has 23 heavy (non-hydrogen) atoms. The van der Waals surface area contributed by atoms with Gasteiger partial charge in [0.05, 0.1) is 16.8 Å². The summed E-state index contributed by atoms with van der Waals surface area (Å²) in [5.41, 5.74) is 1.02. The Labute approximate surface area is 142 Å². The molecule has 5 rings (SSSR count). The van der Waals surface area contributed by atoms with Crippen molar-refractivity contribution < 1.29 is 0 Å². The first kappa shape index (κ1) is 13.7. The molecular weight excluding hydrogens is 330 g/mol. The van der Waals surface area contributed by atoms with E-state index in [1.54, 1.807) is 11.3 Å². The lowest BCUT2D eigenvalue weighted by Gasteiger charge is -2.18. The average Bonchev–Trinajstić information content (AvgIpc) is 3.24. The van der Waals surface area contributed by atoms with E-state index >= 15 is 0 Å². The van der Waals surface area contributed by atoms with E-state index in [9.17, 15) is 0 Å². The van der Waals surface area contributed by atoms with Crippen LogP contribution in [0.3, 0.4) is 0 Å². The van der Waals surface area contributed by atoms with Crippen molar-refractivity contribution in [3.05, 3.63) is 34.9 Å². The SMILES string of the molecule is Clc1ccc2nc(N3CCc4nc(C5CC5)nn4CC3)sc2c1. The molecule has 1 aromatic carbocycles. The summed E-state index contributed by atoms with van der Waals surface area (Å²) in [7, 11) is 0. The first-order valence-electron chi connectivity index (χ1n) is 8.01. The molecule has 0 radical (unpaired) electrons. The van der Waals surface area contributed by atoms with E-state index in [4.69, 9.17) is 26.7 Å². The summed E-state index contributed by atoms with van der Waals surface area (Å²) in [5.74, 6) is 2.81. The van der Waals surface area contributed by atoms with Gasteiger partial charge in [-0.3, -0.25) is 0 Å². The molecule has 1 fully saturated rings. The van der Waals surface area contributed by atoms with Gasteiger partial charge in [-0.25, -0.2) is 14.6 Å². The zero-order chi connectivity index (χ0) is 15.4. The zero-order valence-electron chi connectivity index (χ0n) is 12.6. The summed E-state index contributed by atoms with van der Waals surface area (Å²) < 4.78 is 3.24. The molecule has 0 bridgehead atoms. The molecular formula is C16H16ClN5S. The molecule has 1 aliphatic heterocycles. The Kier molecular flexibility index (Phi) is 3.09. The van der Waals surface area contributed by atoms with Crippen LogP contribution in [0, 0.1) is 0 Å². The number of fused-ring (bicyclic) bond motifs is 2. The van der Waals surface area contributed by atoms with Gasteiger partial charge in [0.25, 0.3) is 0 Å². The van der Waals surface area contributed by atoms with E-state index in [1.165, 1.54) is 12.8 Å². The number of benzene rings is 1. The minimum absolute atomic E-state index is 0.625. The molecule has 0 unspecified atom stereocenters. The van der Waals surface area contributed by atoms with E-state index in [1.807, 2.05) is 18.2 Å². The van der Waals surface area contributed by atoms with Gasteiger partial charge in [0.1, 0.15) is 5.82 Å². The smallest absolute Gasteiger partial charge is 0.186 e. The highest BCUT2D eigenvalue weighted by Crippen LogP contribution is 2.38. The number of rotatable bonds is 2. The first-order valence-corrected chi connectivity index (χ1v) is 9.20. The molecule has 118 valence electrons.